The molecule has 1 N–H and O–H groups in total. The van der Waals surface area contributed by atoms with E-state index < -0.39 is 0 Å². The van der Waals surface area contributed by atoms with Crippen LogP contribution < -0.4 is 5.32 Å². The summed E-state index contributed by atoms with van der Waals surface area (Å²) >= 11 is 12.2. The lowest BCUT2D eigenvalue weighted by Crippen LogP contribution is -2.43. The number of hydrogen-bond donors (Lipinski definition) is 1. The second-order valence-electron chi connectivity index (χ2n) is 5.39. The minimum absolute atomic E-state index is 0.249. The van der Waals surface area contributed by atoms with Crippen LogP contribution in [-0.4, -0.2) is 12.6 Å². The largest absolute Gasteiger partial charge is 0.313 e. The summed E-state index contributed by atoms with van der Waals surface area (Å²) in [6.07, 6.45) is 2.07. The highest BCUT2D eigenvalue weighted by Gasteiger charge is 2.27. The van der Waals surface area contributed by atoms with Gasteiger partial charge in [-0.25, -0.2) is 0 Å². The molecule has 0 heterocycles. The Bertz CT molecular complexity index is 388. The molecule has 1 nitrogen and oxygen atoms in total. The van der Waals surface area contributed by atoms with E-state index in [4.69, 9.17) is 23.2 Å². The van der Waals surface area contributed by atoms with Crippen LogP contribution in [0, 0.1) is 5.41 Å². The summed E-state index contributed by atoms with van der Waals surface area (Å²) in [5.74, 6) is 0. The lowest BCUT2D eigenvalue weighted by Gasteiger charge is -2.34. The van der Waals surface area contributed by atoms with Gasteiger partial charge in [-0.2, -0.15) is 0 Å². The normalized spacial score (nSPS) is 13.7. The van der Waals surface area contributed by atoms with Gasteiger partial charge in [0.2, 0.25) is 0 Å². The molecule has 0 spiro atoms. The number of likely N-dealkylation sites (N-methyl/N-ethyl adjacent to an activating group) is 1. The second kappa shape index (κ2) is 6.79. The molecule has 1 aromatic rings. The molecule has 18 heavy (non-hydrogen) atoms. The zero-order valence-electron chi connectivity index (χ0n) is 11.7. The standard InChI is InChI=1S/C15H23Cl2N/c1-5-15(3,4)14(18-6-2)9-11-7-8-12(16)10-13(11)17/h7-8,10,14,18H,5-6,9H2,1-4H3. The second-order valence-corrected chi connectivity index (χ2v) is 6.24. The molecule has 1 aromatic carbocycles. The van der Waals surface area contributed by atoms with Crippen molar-refractivity contribution in [3.63, 3.8) is 0 Å². The average Bonchev–Trinajstić information content (AvgIpc) is 2.31. The Morgan fingerprint density at radius 3 is 2.39 bits per heavy atom. The molecule has 0 aliphatic heterocycles. The van der Waals surface area contributed by atoms with Crippen LogP contribution in [0.15, 0.2) is 18.2 Å². The zero-order chi connectivity index (χ0) is 13.8. The Labute approximate surface area is 121 Å². The molecule has 0 radical (unpaired) electrons. The van der Waals surface area contributed by atoms with Gasteiger partial charge in [0.05, 0.1) is 0 Å². The van der Waals surface area contributed by atoms with Crippen molar-refractivity contribution in [2.75, 3.05) is 6.54 Å². The topological polar surface area (TPSA) is 12.0 Å². The van der Waals surface area contributed by atoms with Crippen molar-refractivity contribution < 1.29 is 0 Å². The van der Waals surface area contributed by atoms with Crippen molar-refractivity contribution >= 4 is 23.2 Å². The summed E-state index contributed by atoms with van der Waals surface area (Å²) in [5.41, 5.74) is 1.41. The number of rotatable bonds is 6. The van der Waals surface area contributed by atoms with Crippen molar-refractivity contribution in [1.82, 2.24) is 5.32 Å². The molecule has 0 aromatic heterocycles. The van der Waals surface area contributed by atoms with E-state index in [9.17, 15) is 0 Å². The van der Waals surface area contributed by atoms with Crippen LogP contribution in [0.4, 0.5) is 0 Å². The van der Waals surface area contributed by atoms with Gasteiger partial charge in [-0.1, -0.05) is 57.0 Å². The van der Waals surface area contributed by atoms with Gasteiger partial charge in [0, 0.05) is 16.1 Å². The third-order valence-corrected chi connectivity index (χ3v) is 4.33. The summed E-state index contributed by atoms with van der Waals surface area (Å²) in [4.78, 5) is 0. The lowest BCUT2D eigenvalue weighted by molar-refractivity contribution is 0.233. The van der Waals surface area contributed by atoms with Gasteiger partial charge in [-0.3, -0.25) is 0 Å². The van der Waals surface area contributed by atoms with Crippen LogP contribution in [-0.2, 0) is 6.42 Å². The lowest BCUT2D eigenvalue weighted by atomic mass is 9.79. The SMILES string of the molecule is CCNC(Cc1ccc(Cl)cc1Cl)C(C)(C)CC. The van der Waals surface area contributed by atoms with Crippen LogP contribution >= 0.6 is 23.2 Å². The first kappa shape index (κ1) is 15.8. The molecule has 1 atom stereocenters. The zero-order valence-corrected chi connectivity index (χ0v) is 13.2. The first-order valence-electron chi connectivity index (χ1n) is 6.58. The maximum atomic E-state index is 6.25. The first-order chi connectivity index (χ1) is 8.40. The van der Waals surface area contributed by atoms with Crippen LogP contribution in [0.25, 0.3) is 0 Å². The van der Waals surface area contributed by atoms with E-state index in [0.29, 0.717) is 11.1 Å². The van der Waals surface area contributed by atoms with E-state index in [0.717, 1.165) is 30.0 Å². The van der Waals surface area contributed by atoms with Gasteiger partial charge >= 0.3 is 0 Å². The summed E-state index contributed by atoms with van der Waals surface area (Å²) < 4.78 is 0. The third-order valence-electron chi connectivity index (χ3n) is 3.74. The van der Waals surface area contributed by atoms with E-state index in [2.05, 4.69) is 33.0 Å². The number of nitrogens with one attached hydrogen (secondary N) is 1. The van der Waals surface area contributed by atoms with Crippen molar-refractivity contribution in [1.29, 1.82) is 0 Å². The van der Waals surface area contributed by atoms with Crippen LogP contribution in [0.2, 0.25) is 10.0 Å². The van der Waals surface area contributed by atoms with E-state index in [1.165, 1.54) is 0 Å². The van der Waals surface area contributed by atoms with Crippen LogP contribution in [0.5, 0.6) is 0 Å². The van der Waals surface area contributed by atoms with E-state index in [1.807, 2.05) is 18.2 Å². The van der Waals surface area contributed by atoms with Gasteiger partial charge in [0.15, 0.2) is 0 Å². The fourth-order valence-electron chi connectivity index (χ4n) is 2.02. The molecule has 0 saturated heterocycles. The van der Waals surface area contributed by atoms with Crippen LogP contribution in [0.1, 0.15) is 39.7 Å². The highest BCUT2D eigenvalue weighted by atomic mass is 35.5. The molecule has 0 bridgehead atoms. The molecule has 0 aliphatic carbocycles. The molecule has 0 saturated carbocycles. The minimum Gasteiger partial charge on any atom is -0.313 e. The maximum Gasteiger partial charge on any atom is 0.0453 e. The average molecular weight is 288 g/mol. The highest BCUT2D eigenvalue weighted by molar-refractivity contribution is 6.35. The predicted octanol–water partition coefficient (Wildman–Crippen LogP) is 4.95. The van der Waals surface area contributed by atoms with Crippen LogP contribution in [0.3, 0.4) is 0 Å². The fourth-order valence-corrected chi connectivity index (χ4v) is 2.51. The number of benzene rings is 1. The van der Waals surface area contributed by atoms with Gasteiger partial charge in [-0.15, -0.1) is 0 Å². The Hall–Kier alpha value is -0.240. The summed E-state index contributed by atoms with van der Waals surface area (Å²) in [5, 5.41) is 5.03. The van der Waals surface area contributed by atoms with Crippen molar-refractivity contribution in [2.24, 2.45) is 5.41 Å². The molecule has 0 amide bonds. The molecular formula is C15H23Cl2N. The quantitative estimate of drug-likeness (QED) is 0.781. The Morgan fingerprint density at radius 1 is 1.22 bits per heavy atom. The molecule has 3 heteroatoms. The number of halogens is 2. The van der Waals surface area contributed by atoms with E-state index >= 15 is 0 Å². The Balaban J connectivity index is 2.89. The van der Waals surface area contributed by atoms with E-state index in [1.54, 1.807) is 0 Å². The van der Waals surface area contributed by atoms with Gasteiger partial charge in [0.25, 0.3) is 0 Å². The summed E-state index contributed by atoms with van der Waals surface area (Å²) in [6.45, 7) is 9.93. The minimum atomic E-state index is 0.249. The van der Waals surface area contributed by atoms with Gasteiger partial charge in [-0.05, 0) is 42.5 Å². The first-order valence-corrected chi connectivity index (χ1v) is 7.33. The van der Waals surface area contributed by atoms with Crippen molar-refractivity contribution in [3.05, 3.63) is 33.8 Å². The molecule has 0 fully saturated rings. The monoisotopic (exact) mass is 287 g/mol. The fraction of sp³-hybridized carbons (Fsp3) is 0.600. The molecule has 102 valence electrons. The Morgan fingerprint density at radius 2 is 1.89 bits per heavy atom. The smallest absolute Gasteiger partial charge is 0.0453 e. The van der Waals surface area contributed by atoms with E-state index in [-0.39, 0.29) is 5.41 Å². The van der Waals surface area contributed by atoms with Gasteiger partial charge < -0.3 is 5.32 Å². The summed E-state index contributed by atoms with van der Waals surface area (Å²) in [6, 6.07) is 6.18. The molecule has 1 unspecified atom stereocenters. The third kappa shape index (κ3) is 4.15. The predicted molar refractivity (Wildman–Crippen MR) is 81.7 cm³/mol. The van der Waals surface area contributed by atoms with Crippen molar-refractivity contribution in [2.45, 2.75) is 46.6 Å². The van der Waals surface area contributed by atoms with Crippen molar-refractivity contribution in [3.8, 4) is 0 Å². The highest BCUT2D eigenvalue weighted by Crippen LogP contribution is 2.30. The Kier molecular flexibility index (Phi) is 5.97. The molecular weight excluding hydrogens is 265 g/mol. The number of hydrogen-bond acceptors (Lipinski definition) is 1. The molecule has 1 rings (SSSR count). The molecule has 0 aliphatic rings. The summed E-state index contributed by atoms with van der Waals surface area (Å²) in [7, 11) is 0. The van der Waals surface area contributed by atoms with Gasteiger partial charge in [0.1, 0.15) is 0 Å². The maximum absolute atomic E-state index is 6.25.